The summed E-state index contributed by atoms with van der Waals surface area (Å²) in [5.74, 6) is 0. The number of anilines is 2. The van der Waals surface area contributed by atoms with Crippen LogP contribution in [0.1, 0.15) is 43.0 Å². The van der Waals surface area contributed by atoms with Crippen LogP contribution >= 0.6 is 11.8 Å². The molecule has 1 aliphatic rings. The van der Waals surface area contributed by atoms with Crippen LogP contribution in [0, 0.1) is 0 Å². The molecule has 28 heavy (non-hydrogen) atoms. The number of rotatable bonds is 7. The molecule has 142 valence electrons. The second kappa shape index (κ2) is 8.66. The van der Waals surface area contributed by atoms with Crippen LogP contribution in [-0.2, 0) is 0 Å². The Balaban J connectivity index is 1.66. The molecule has 0 N–H and O–H groups in total. The second-order valence-corrected chi connectivity index (χ2v) is 8.29. The van der Waals surface area contributed by atoms with E-state index in [1.54, 1.807) is 0 Å². The van der Waals surface area contributed by atoms with Gasteiger partial charge in [-0.15, -0.1) is 0 Å². The van der Waals surface area contributed by atoms with Gasteiger partial charge >= 0.3 is 0 Å². The maximum Gasteiger partial charge on any atom is 0.150 e. The van der Waals surface area contributed by atoms with E-state index >= 15 is 0 Å². The number of unbranched alkanes of at least 4 members (excludes halogenated alkanes) is 3. The SMILES string of the molecule is CCCCCCN1c2ccccc2Sc2cc(-c3ccc(C=O)cc3)ccc21. The van der Waals surface area contributed by atoms with Crippen LogP contribution in [0.2, 0.25) is 0 Å². The average Bonchev–Trinajstić information content (AvgIpc) is 2.75. The van der Waals surface area contributed by atoms with Crippen molar-refractivity contribution in [1.82, 2.24) is 0 Å². The average molecular weight is 388 g/mol. The third-order valence-corrected chi connectivity index (χ3v) is 6.35. The number of aldehydes is 1. The minimum absolute atomic E-state index is 0.711. The predicted molar refractivity (Wildman–Crippen MR) is 119 cm³/mol. The third-order valence-electron chi connectivity index (χ3n) is 5.24. The topological polar surface area (TPSA) is 20.3 Å². The highest BCUT2D eigenvalue weighted by molar-refractivity contribution is 7.99. The second-order valence-electron chi connectivity index (χ2n) is 7.20. The number of nitrogens with zero attached hydrogens (tertiary/aromatic N) is 1. The smallest absolute Gasteiger partial charge is 0.150 e. The Kier molecular flexibility index (Phi) is 5.82. The first kappa shape index (κ1) is 18.8. The van der Waals surface area contributed by atoms with E-state index in [0.29, 0.717) is 5.56 Å². The standard InChI is InChI=1S/C25H25NOS/c1-2-3-4-7-16-26-22-8-5-6-9-24(22)28-25-17-21(14-15-23(25)26)20-12-10-19(18-27)11-13-20/h5-6,8-15,17-18H,2-4,7,16H2,1H3. The quantitative estimate of drug-likeness (QED) is 0.312. The lowest BCUT2D eigenvalue weighted by Crippen LogP contribution is -2.21. The fourth-order valence-corrected chi connectivity index (χ4v) is 4.84. The molecule has 0 fully saturated rings. The lowest BCUT2D eigenvalue weighted by molar-refractivity contribution is 0.112. The van der Waals surface area contributed by atoms with Crippen molar-refractivity contribution in [3.8, 4) is 11.1 Å². The Labute approximate surface area is 171 Å². The number of carbonyl (C=O) groups is 1. The van der Waals surface area contributed by atoms with Gasteiger partial charge in [-0.05, 0) is 41.8 Å². The predicted octanol–water partition coefficient (Wildman–Crippen LogP) is 7.35. The zero-order valence-electron chi connectivity index (χ0n) is 16.2. The van der Waals surface area contributed by atoms with Crippen LogP contribution in [0.15, 0.2) is 76.5 Å². The number of fused-ring (bicyclic) bond motifs is 2. The molecule has 0 atom stereocenters. The fourth-order valence-electron chi connectivity index (χ4n) is 3.70. The normalized spacial score (nSPS) is 12.4. The van der Waals surface area contributed by atoms with E-state index in [0.717, 1.165) is 18.4 Å². The van der Waals surface area contributed by atoms with E-state index in [1.165, 1.54) is 52.4 Å². The molecule has 1 aliphatic heterocycles. The molecule has 0 bridgehead atoms. The Hall–Kier alpha value is -2.52. The van der Waals surface area contributed by atoms with Gasteiger partial charge in [-0.2, -0.15) is 0 Å². The van der Waals surface area contributed by atoms with E-state index < -0.39 is 0 Å². The molecule has 3 aromatic carbocycles. The molecule has 3 aromatic rings. The molecule has 0 saturated heterocycles. The maximum atomic E-state index is 10.9. The molecule has 0 aromatic heterocycles. The Morgan fingerprint density at radius 3 is 2.36 bits per heavy atom. The summed E-state index contributed by atoms with van der Waals surface area (Å²) < 4.78 is 0. The number of para-hydroxylation sites is 1. The first-order chi connectivity index (χ1) is 13.8. The molecule has 0 amide bonds. The van der Waals surface area contributed by atoms with Gasteiger partial charge in [0.05, 0.1) is 11.4 Å². The molecule has 0 spiro atoms. The van der Waals surface area contributed by atoms with Crippen LogP contribution in [-0.4, -0.2) is 12.8 Å². The zero-order chi connectivity index (χ0) is 19.3. The Bertz CT molecular complexity index is 965. The van der Waals surface area contributed by atoms with Crippen LogP contribution in [0.25, 0.3) is 11.1 Å². The molecule has 1 heterocycles. The van der Waals surface area contributed by atoms with Crippen LogP contribution in [0.3, 0.4) is 0 Å². The highest BCUT2D eigenvalue weighted by Gasteiger charge is 2.23. The van der Waals surface area contributed by atoms with Crippen LogP contribution in [0.4, 0.5) is 11.4 Å². The minimum atomic E-state index is 0.711. The van der Waals surface area contributed by atoms with Gasteiger partial charge in [-0.3, -0.25) is 4.79 Å². The van der Waals surface area contributed by atoms with Gasteiger partial charge in [0.2, 0.25) is 0 Å². The molecule has 0 unspecified atom stereocenters. The number of benzene rings is 3. The van der Waals surface area contributed by atoms with Crippen molar-refractivity contribution in [3.05, 3.63) is 72.3 Å². The first-order valence-corrected chi connectivity index (χ1v) is 10.9. The van der Waals surface area contributed by atoms with Crippen molar-refractivity contribution in [1.29, 1.82) is 0 Å². The summed E-state index contributed by atoms with van der Waals surface area (Å²) in [5.41, 5.74) is 5.66. The summed E-state index contributed by atoms with van der Waals surface area (Å²) in [5, 5.41) is 0. The zero-order valence-corrected chi connectivity index (χ0v) is 17.0. The minimum Gasteiger partial charge on any atom is -0.340 e. The number of hydrogen-bond acceptors (Lipinski definition) is 3. The fraction of sp³-hybridized carbons (Fsp3) is 0.240. The highest BCUT2D eigenvalue weighted by Crippen LogP contribution is 2.49. The Morgan fingerprint density at radius 1 is 0.821 bits per heavy atom. The monoisotopic (exact) mass is 387 g/mol. The molecular formula is C25H25NOS. The molecule has 0 aliphatic carbocycles. The summed E-state index contributed by atoms with van der Waals surface area (Å²) in [4.78, 5) is 16.0. The maximum absolute atomic E-state index is 10.9. The van der Waals surface area contributed by atoms with Gasteiger partial charge in [0.25, 0.3) is 0 Å². The summed E-state index contributed by atoms with van der Waals surface area (Å²) in [6.07, 6.45) is 5.93. The molecule has 3 heteroatoms. The molecular weight excluding hydrogens is 362 g/mol. The van der Waals surface area contributed by atoms with Crippen molar-refractivity contribution in [2.24, 2.45) is 0 Å². The van der Waals surface area contributed by atoms with Crippen LogP contribution in [0.5, 0.6) is 0 Å². The van der Waals surface area contributed by atoms with Gasteiger partial charge < -0.3 is 4.90 Å². The Morgan fingerprint density at radius 2 is 1.57 bits per heavy atom. The summed E-state index contributed by atoms with van der Waals surface area (Å²) >= 11 is 1.85. The van der Waals surface area contributed by atoms with Crippen molar-refractivity contribution < 1.29 is 4.79 Å². The van der Waals surface area contributed by atoms with E-state index in [9.17, 15) is 4.79 Å². The van der Waals surface area contributed by atoms with Gasteiger partial charge in [0.1, 0.15) is 6.29 Å². The van der Waals surface area contributed by atoms with Crippen molar-refractivity contribution >= 4 is 29.4 Å². The van der Waals surface area contributed by atoms with Gasteiger partial charge in [0, 0.05) is 21.9 Å². The van der Waals surface area contributed by atoms with Crippen LogP contribution < -0.4 is 4.90 Å². The van der Waals surface area contributed by atoms with E-state index in [2.05, 4.69) is 54.3 Å². The number of carbonyl (C=O) groups excluding carboxylic acids is 1. The van der Waals surface area contributed by atoms with Gasteiger partial charge in [-0.1, -0.05) is 80.4 Å². The molecule has 0 saturated carbocycles. The van der Waals surface area contributed by atoms with E-state index in [1.807, 2.05) is 36.0 Å². The van der Waals surface area contributed by atoms with Crippen molar-refractivity contribution in [2.75, 3.05) is 11.4 Å². The largest absolute Gasteiger partial charge is 0.340 e. The summed E-state index contributed by atoms with van der Waals surface area (Å²) in [7, 11) is 0. The van der Waals surface area contributed by atoms with Gasteiger partial charge in [0.15, 0.2) is 0 Å². The van der Waals surface area contributed by atoms with Gasteiger partial charge in [-0.25, -0.2) is 0 Å². The van der Waals surface area contributed by atoms with E-state index in [-0.39, 0.29) is 0 Å². The highest BCUT2D eigenvalue weighted by atomic mass is 32.2. The molecule has 2 nitrogen and oxygen atoms in total. The summed E-state index contributed by atoms with van der Waals surface area (Å²) in [6, 6.07) is 23.2. The lowest BCUT2D eigenvalue weighted by Gasteiger charge is -2.33. The lowest BCUT2D eigenvalue weighted by atomic mass is 10.0. The molecule has 4 rings (SSSR count). The first-order valence-electron chi connectivity index (χ1n) is 10.0. The third kappa shape index (κ3) is 3.85. The van der Waals surface area contributed by atoms with Crippen molar-refractivity contribution in [2.45, 2.75) is 42.4 Å². The molecule has 0 radical (unpaired) electrons. The van der Waals surface area contributed by atoms with Crippen molar-refractivity contribution in [3.63, 3.8) is 0 Å². The number of hydrogen-bond donors (Lipinski definition) is 0. The summed E-state index contributed by atoms with van der Waals surface area (Å²) in [6.45, 7) is 3.31. The van der Waals surface area contributed by atoms with E-state index in [4.69, 9.17) is 0 Å².